The Kier molecular flexibility index (Phi) is 4.54. The average Bonchev–Trinajstić information content (AvgIpc) is 2.85. The number of imidazole rings is 1. The monoisotopic (exact) mass is 378 g/mol. The first kappa shape index (κ1) is 18.7. The Morgan fingerprint density at radius 2 is 1.89 bits per heavy atom. The Labute approximate surface area is 152 Å². The van der Waals surface area contributed by atoms with Gasteiger partial charge >= 0.3 is 11.9 Å². The predicted molar refractivity (Wildman–Crippen MR) is 94.1 cm³/mol. The van der Waals surface area contributed by atoms with Gasteiger partial charge in [-0.3, -0.25) is 13.9 Å². The average molecular weight is 378 g/mol. The minimum absolute atomic E-state index is 0.184. The standard InChI is InChI=1S/C18H17F3N4O2/c1-23(2)15(26)10-25-14-8-12(9-22-16(14)24(3)17(25)27)11-5-4-6-13(7-11)18(19,20)21/h4-9H,10H2,1-3H3. The number of aromatic nitrogens is 3. The lowest BCUT2D eigenvalue weighted by Crippen LogP contribution is -2.31. The van der Waals surface area contributed by atoms with Crippen LogP contribution in [0, 0.1) is 0 Å². The molecule has 3 rings (SSSR count). The number of rotatable bonds is 3. The molecule has 9 heteroatoms. The zero-order valence-corrected chi connectivity index (χ0v) is 14.9. The summed E-state index contributed by atoms with van der Waals surface area (Å²) in [6.45, 7) is -0.184. The number of halogens is 3. The fourth-order valence-electron chi connectivity index (χ4n) is 2.74. The molecule has 1 amide bonds. The highest BCUT2D eigenvalue weighted by atomic mass is 19.4. The van der Waals surface area contributed by atoms with Crippen molar-refractivity contribution in [2.75, 3.05) is 14.1 Å². The van der Waals surface area contributed by atoms with Gasteiger partial charge in [0.25, 0.3) is 0 Å². The Balaban J connectivity index is 2.15. The van der Waals surface area contributed by atoms with Crippen molar-refractivity contribution in [1.29, 1.82) is 0 Å². The second kappa shape index (κ2) is 6.57. The number of carbonyl (C=O) groups is 1. The number of pyridine rings is 1. The van der Waals surface area contributed by atoms with E-state index < -0.39 is 17.4 Å². The number of carbonyl (C=O) groups excluding carboxylic acids is 1. The van der Waals surface area contributed by atoms with Gasteiger partial charge in [0.15, 0.2) is 5.65 Å². The van der Waals surface area contributed by atoms with Crippen molar-refractivity contribution in [3.8, 4) is 11.1 Å². The number of likely N-dealkylation sites (N-methyl/N-ethyl adjacent to an activating group) is 1. The highest BCUT2D eigenvalue weighted by Crippen LogP contribution is 2.32. The maximum absolute atomic E-state index is 13.0. The lowest BCUT2D eigenvalue weighted by molar-refractivity contribution is -0.137. The largest absolute Gasteiger partial charge is 0.416 e. The van der Waals surface area contributed by atoms with Gasteiger partial charge in [-0.25, -0.2) is 9.78 Å². The van der Waals surface area contributed by atoms with E-state index in [1.54, 1.807) is 20.2 Å². The molecule has 0 spiro atoms. The third kappa shape index (κ3) is 3.44. The summed E-state index contributed by atoms with van der Waals surface area (Å²) in [6, 6.07) is 6.44. The Morgan fingerprint density at radius 1 is 1.19 bits per heavy atom. The van der Waals surface area contributed by atoms with Crippen LogP contribution in [0.3, 0.4) is 0 Å². The van der Waals surface area contributed by atoms with Gasteiger partial charge < -0.3 is 4.90 Å². The minimum atomic E-state index is -4.46. The van der Waals surface area contributed by atoms with Gasteiger partial charge in [-0.2, -0.15) is 13.2 Å². The summed E-state index contributed by atoms with van der Waals surface area (Å²) in [4.78, 5) is 30.1. The van der Waals surface area contributed by atoms with Crippen LogP contribution in [0.5, 0.6) is 0 Å². The quantitative estimate of drug-likeness (QED) is 0.704. The molecule has 2 heterocycles. The van der Waals surface area contributed by atoms with Gasteiger partial charge in [0.2, 0.25) is 5.91 Å². The van der Waals surface area contributed by atoms with Gasteiger partial charge in [0.05, 0.1) is 11.1 Å². The predicted octanol–water partition coefficient (Wildman–Crippen LogP) is 2.51. The summed E-state index contributed by atoms with van der Waals surface area (Å²) in [5, 5.41) is 0. The SMILES string of the molecule is CN(C)C(=O)Cn1c(=O)n(C)c2ncc(-c3cccc(C(F)(F)F)c3)cc21. The number of fused-ring (bicyclic) bond motifs is 1. The molecule has 0 saturated heterocycles. The number of nitrogens with zero attached hydrogens (tertiary/aromatic N) is 4. The second-order valence-corrected chi connectivity index (χ2v) is 6.36. The van der Waals surface area contributed by atoms with Crippen molar-refractivity contribution in [3.05, 3.63) is 52.6 Å². The number of amides is 1. The zero-order chi connectivity index (χ0) is 19.9. The topological polar surface area (TPSA) is 60.1 Å². The van der Waals surface area contributed by atoms with Crippen LogP contribution in [0.25, 0.3) is 22.3 Å². The molecule has 0 aliphatic carbocycles. The third-order valence-corrected chi connectivity index (χ3v) is 4.29. The Morgan fingerprint density at radius 3 is 2.52 bits per heavy atom. The molecule has 0 unspecified atom stereocenters. The number of hydrogen-bond acceptors (Lipinski definition) is 3. The molecule has 0 aliphatic heterocycles. The molecule has 27 heavy (non-hydrogen) atoms. The summed E-state index contributed by atoms with van der Waals surface area (Å²) >= 11 is 0. The molecule has 0 bridgehead atoms. The van der Waals surface area contributed by atoms with Gasteiger partial charge in [-0.05, 0) is 23.8 Å². The number of hydrogen-bond donors (Lipinski definition) is 0. The first-order chi connectivity index (χ1) is 12.6. The van der Waals surface area contributed by atoms with Crippen LogP contribution in [0.1, 0.15) is 5.56 Å². The molecule has 0 atom stereocenters. The summed E-state index contributed by atoms with van der Waals surface area (Å²) in [5.41, 5.74) is 0.281. The van der Waals surface area contributed by atoms with E-state index in [1.165, 1.54) is 39.4 Å². The summed E-state index contributed by atoms with van der Waals surface area (Å²) in [6.07, 6.45) is -3.05. The van der Waals surface area contributed by atoms with Gasteiger partial charge in [0.1, 0.15) is 6.54 Å². The van der Waals surface area contributed by atoms with E-state index in [0.29, 0.717) is 22.3 Å². The van der Waals surface area contributed by atoms with Crippen LogP contribution in [0.15, 0.2) is 41.3 Å². The molecular formula is C18H17F3N4O2. The number of aryl methyl sites for hydroxylation is 1. The first-order valence-corrected chi connectivity index (χ1v) is 8.02. The lowest BCUT2D eigenvalue weighted by Gasteiger charge is -2.11. The number of alkyl halides is 3. The molecule has 0 aliphatic rings. The molecule has 0 saturated carbocycles. The van der Waals surface area contributed by atoms with Crippen molar-refractivity contribution in [2.45, 2.75) is 12.7 Å². The summed E-state index contributed by atoms with van der Waals surface area (Å²) < 4.78 is 41.5. The molecule has 3 aromatic rings. The van der Waals surface area contributed by atoms with Crippen LogP contribution in [-0.2, 0) is 24.6 Å². The van der Waals surface area contributed by atoms with Crippen LogP contribution in [0.2, 0.25) is 0 Å². The molecule has 0 N–H and O–H groups in total. The van der Waals surface area contributed by atoms with Gasteiger partial charge in [0, 0.05) is 32.9 Å². The van der Waals surface area contributed by atoms with E-state index in [4.69, 9.17) is 0 Å². The highest BCUT2D eigenvalue weighted by Gasteiger charge is 2.30. The van der Waals surface area contributed by atoms with E-state index in [2.05, 4.69) is 4.98 Å². The van der Waals surface area contributed by atoms with Crippen molar-refractivity contribution in [1.82, 2.24) is 19.0 Å². The molecule has 142 valence electrons. The molecule has 6 nitrogen and oxygen atoms in total. The molecular weight excluding hydrogens is 361 g/mol. The van der Waals surface area contributed by atoms with E-state index in [0.717, 1.165) is 12.1 Å². The first-order valence-electron chi connectivity index (χ1n) is 8.02. The lowest BCUT2D eigenvalue weighted by atomic mass is 10.0. The van der Waals surface area contributed by atoms with E-state index >= 15 is 0 Å². The van der Waals surface area contributed by atoms with Crippen LogP contribution >= 0.6 is 0 Å². The minimum Gasteiger partial charge on any atom is -0.347 e. The van der Waals surface area contributed by atoms with Gasteiger partial charge in [-0.1, -0.05) is 12.1 Å². The van der Waals surface area contributed by atoms with E-state index in [9.17, 15) is 22.8 Å². The summed E-state index contributed by atoms with van der Waals surface area (Å²) in [5.74, 6) is -0.283. The van der Waals surface area contributed by atoms with Crippen molar-refractivity contribution in [3.63, 3.8) is 0 Å². The van der Waals surface area contributed by atoms with Crippen LogP contribution in [-0.4, -0.2) is 39.0 Å². The van der Waals surface area contributed by atoms with Crippen molar-refractivity contribution < 1.29 is 18.0 Å². The maximum atomic E-state index is 13.0. The summed E-state index contributed by atoms with van der Waals surface area (Å²) in [7, 11) is 4.67. The third-order valence-electron chi connectivity index (χ3n) is 4.29. The molecule has 0 radical (unpaired) electrons. The maximum Gasteiger partial charge on any atom is 0.416 e. The van der Waals surface area contributed by atoms with Crippen LogP contribution < -0.4 is 5.69 Å². The smallest absolute Gasteiger partial charge is 0.347 e. The van der Waals surface area contributed by atoms with E-state index in [-0.39, 0.29) is 12.5 Å². The fourth-order valence-corrected chi connectivity index (χ4v) is 2.74. The second-order valence-electron chi connectivity index (χ2n) is 6.36. The molecule has 1 aromatic carbocycles. The van der Waals surface area contributed by atoms with Gasteiger partial charge in [-0.15, -0.1) is 0 Å². The fraction of sp³-hybridized carbons (Fsp3) is 0.278. The highest BCUT2D eigenvalue weighted by molar-refractivity contribution is 5.82. The number of benzene rings is 1. The molecule has 0 fully saturated rings. The van der Waals surface area contributed by atoms with Crippen LogP contribution in [0.4, 0.5) is 13.2 Å². The normalized spacial score (nSPS) is 11.8. The molecule has 2 aromatic heterocycles. The van der Waals surface area contributed by atoms with E-state index in [1.807, 2.05) is 0 Å². The van der Waals surface area contributed by atoms with Crippen molar-refractivity contribution >= 4 is 17.1 Å². The Hall–Kier alpha value is -3.10. The van der Waals surface area contributed by atoms with Crippen molar-refractivity contribution in [2.24, 2.45) is 7.05 Å². The Bertz CT molecular complexity index is 1080. The zero-order valence-electron chi connectivity index (χ0n) is 14.9.